The first-order valence-electron chi connectivity index (χ1n) is 4.37. The lowest BCUT2D eigenvalue weighted by atomic mass is 10.3. The van der Waals surface area contributed by atoms with E-state index in [4.69, 9.17) is 5.14 Å². The maximum atomic E-state index is 11.0. The molecule has 0 aliphatic rings. The zero-order chi connectivity index (χ0) is 11.8. The Labute approximate surface area is 93.0 Å². The van der Waals surface area contributed by atoms with Crippen LogP contribution in [0.3, 0.4) is 0 Å². The number of aliphatic hydroxyl groups is 1. The monoisotopic (exact) mass is 250 g/mol. The van der Waals surface area contributed by atoms with E-state index in [1.165, 1.54) is 18.3 Å². The summed E-state index contributed by atoms with van der Waals surface area (Å²) in [5, 5.41) is 14.1. The number of sulfonamides is 1. The van der Waals surface area contributed by atoms with Crippen molar-refractivity contribution in [1.29, 1.82) is 0 Å². The minimum atomic E-state index is -3.74. The van der Waals surface area contributed by atoms with Gasteiger partial charge in [-0.25, -0.2) is 18.5 Å². The van der Waals surface area contributed by atoms with E-state index in [2.05, 4.69) is 4.98 Å². The van der Waals surface area contributed by atoms with Gasteiger partial charge in [-0.3, -0.25) is 0 Å². The van der Waals surface area contributed by atoms with E-state index in [-0.39, 0.29) is 0 Å². The second-order valence-corrected chi connectivity index (χ2v) is 6.59. The van der Waals surface area contributed by atoms with E-state index in [9.17, 15) is 13.5 Å². The van der Waals surface area contributed by atoms with E-state index in [0.29, 0.717) is 5.01 Å². The molecule has 0 fully saturated rings. The first kappa shape index (κ1) is 12.6. The number of aliphatic hydroxyl groups excluding tert-OH is 1. The van der Waals surface area contributed by atoms with Crippen molar-refractivity contribution in [3.05, 3.63) is 15.6 Å². The van der Waals surface area contributed by atoms with Crippen LogP contribution in [0.4, 0.5) is 0 Å². The normalized spacial score (nSPS) is 16.3. The number of nitrogens with two attached hydrogens (primary N) is 1. The third-order valence-electron chi connectivity index (χ3n) is 2.26. The minimum Gasteiger partial charge on any atom is -0.384 e. The van der Waals surface area contributed by atoms with Crippen molar-refractivity contribution >= 4 is 21.4 Å². The summed E-state index contributed by atoms with van der Waals surface area (Å²) in [6, 6.07) is 0. The molecule has 0 aliphatic heterocycles. The maximum absolute atomic E-state index is 11.0. The van der Waals surface area contributed by atoms with Crippen LogP contribution in [0.1, 0.15) is 28.6 Å². The topological polar surface area (TPSA) is 93.3 Å². The molecule has 3 N–H and O–H groups in total. The van der Waals surface area contributed by atoms with Gasteiger partial charge in [0.1, 0.15) is 16.4 Å². The molecule has 0 spiro atoms. The second kappa shape index (κ2) is 4.17. The van der Waals surface area contributed by atoms with Crippen LogP contribution in [0.15, 0.2) is 0 Å². The van der Waals surface area contributed by atoms with Crippen molar-refractivity contribution in [1.82, 2.24) is 4.98 Å². The van der Waals surface area contributed by atoms with E-state index in [1.807, 2.05) is 13.8 Å². The summed E-state index contributed by atoms with van der Waals surface area (Å²) in [5.41, 5.74) is 0.802. The fourth-order valence-electron chi connectivity index (χ4n) is 1.00. The van der Waals surface area contributed by atoms with Crippen molar-refractivity contribution in [3.63, 3.8) is 0 Å². The molecule has 0 unspecified atom stereocenters. The summed E-state index contributed by atoms with van der Waals surface area (Å²) in [7, 11) is -3.74. The van der Waals surface area contributed by atoms with Crippen LogP contribution in [0.25, 0.3) is 0 Å². The molecule has 15 heavy (non-hydrogen) atoms. The smallest absolute Gasteiger partial charge is 0.214 e. The zero-order valence-electron chi connectivity index (χ0n) is 8.76. The summed E-state index contributed by atoms with van der Waals surface area (Å²) >= 11 is 1.29. The van der Waals surface area contributed by atoms with Crippen LogP contribution >= 0.6 is 11.3 Å². The summed E-state index contributed by atoms with van der Waals surface area (Å²) in [4.78, 5) is 5.06. The molecule has 1 aromatic heterocycles. The van der Waals surface area contributed by atoms with Crippen molar-refractivity contribution in [3.8, 4) is 0 Å². The van der Waals surface area contributed by atoms with Crippen LogP contribution in [0.2, 0.25) is 0 Å². The highest BCUT2D eigenvalue weighted by Crippen LogP contribution is 2.26. The summed E-state index contributed by atoms with van der Waals surface area (Å²) in [6.07, 6.45) is -1.16. The summed E-state index contributed by atoms with van der Waals surface area (Å²) in [6.45, 7) is 5.04. The number of primary sulfonamides is 1. The zero-order valence-corrected chi connectivity index (χ0v) is 10.4. The van der Waals surface area contributed by atoms with Crippen LogP contribution in [-0.4, -0.2) is 23.8 Å². The number of rotatable bonds is 3. The van der Waals surface area contributed by atoms with Gasteiger partial charge >= 0.3 is 0 Å². The van der Waals surface area contributed by atoms with E-state index >= 15 is 0 Å². The van der Waals surface area contributed by atoms with Crippen molar-refractivity contribution in [2.24, 2.45) is 5.14 Å². The van der Waals surface area contributed by atoms with E-state index in [1.54, 1.807) is 0 Å². The quantitative estimate of drug-likeness (QED) is 0.815. The van der Waals surface area contributed by atoms with Gasteiger partial charge in [0.15, 0.2) is 0 Å². The Bertz CT molecular complexity index is 433. The van der Waals surface area contributed by atoms with Crippen molar-refractivity contribution in [2.45, 2.75) is 32.1 Å². The van der Waals surface area contributed by atoms with Gasteiger partial charge in [-0.15, -0.1) is 11.3 Å². The lowest BCUT2D eigenvalue weighted by molar-refractivity contribution is 0.175. The molecule has 0 radical (unpaired) electrons. The van der Waals surface area contributed by atoms with Gasteiger partial charge in [0, 0.05) is 4.88 Å². The molecule has 0 amide bonds. The molecule has 7 heteroatoms. The number of aromatic nitrogens is 1. The van der Waals surface area contributed by atoms with Crippen LogP contribution in [0, 0.1) is 13.8 Å². The Balaban J connectivity index is 3.00. The van der Waals surface area contributed by atoms with Gasteiger partial charge in [0.2, 0.25) is 10.0 Å². The second-order valence-electron chi connectivity index (χ2n) is 3.43. The minimum absolute atomic E-state index is 0.395. The third kappa shape index (κ3) is 2.75. The fourth-order valence-corrected chi connectivity index (χ4v) is 2.59. The highest BCUT2D eigenvalue weighted by molar-refractivity contribution is 7.89. The molecule has 1 heterocycles. The molecular weight excluding hydrogens is 236 g/mol. The highest BCUT2D eigenvalue weighted by atomic mass is 32.2. The van der Waals surface area contributed by atoms with Gasteiger partial charge in [0.05, 0.1) is 5.69 Å². The Morgan fingerprint density at radius 3 is 2.33 bits per heavy atom. The van der Waals surface area contributed by atoms with Gasteiger partial charge in [-0.05, 0) is 20.8 Å². The largest absolute Gasteiger partial charge is 0.384 e. The average molecular weight is 250 g/mol. The average Bonchev–Trinajstić information content (AvgIpc) is 2.43. The van der Waals surface area contributed by atoms with Gasteiger partial charge in [-0.2, -0.15) is 0 Å². The molecule has 5 nitrogen and oxygen atoms in total. The molecule has 0 aliphatic carbocycles. The summed E-state index contributed by atoms with van der Waals surface area (Å²) in [5.74, 6) is 0. The predicted octanol–water partition coefficient (Wildman–Crippen LogP) is 0.470. The van der Waals surface area contributed by atoms with Crippen LogP contribution in [0.5, 0.6) is 0 Å². The van der Waals surface area contributed by atoms with E-state index in [0.717, 1.165) is 10.6 Å². The highest BCUT2D eigenvalue weighted by Gasteiger charge is 2.28. The molecule has 86 valence electrons. The molecule has 2 atom stereocenters. The fraction of sp³-hybridized carbons (Fsp3) is 0.625. The first-order chi connectivity index (χ1) is 6.73. The number of hydrogen-bond donors (Lipinski definition) is 2. The molecule has 0 saturated carbocycles. The standard InChI is InChI=1S/C8H14N2O3S2/c1-4-5(2)14-8(10-4)7(11)6(3)15(9,12)13/h6-7,11H,1-3H3,(H2,9,12,13)/t6-,7+/m0/s1. The maximum Gasteiger partial charge on any atom is 0.214 e. The third-order valence-corrected chi connectivity index (χ3v) is 4.70. The Morgan fingerprint density at radius 1 is 1.47 bits per heavy atom. The number of hydrogen-bond acceptors (Lipinski definition) is 5. The van der Waals surface area contributed by atoms with Crippen molar-refractivity contribution in [2.75, 3.05) is 0 Å². The Kier molecular flexibility index (Phi) is 3.49. The molecular formula is C8H14N2O3S2. The number of nitrogens with zero attached hydrogens (tertiary/aromatic N) is 1. The molecule has 0 bridgehead atoms. The molecule has 0 saturated heterocycles. The van der Waals surface area contributed by atoms with Gasteiger partial charge in [-0.1, -0.05) is 0 Å². The molecule has 0 aromatic carbocycles. The number of thiazole rings is 1. The summed E-state index contributed by atoms with van der Waals surface area (Å²) < 4.78 is 22.1. The predicted molar refractivity (Wildman–Crippen MR) is 59.1 cm³/mol. The SMILES string of the molecule is Cc1nc([C@H](O)[C@H](C)S(N)(=O)=O)sc1C. The van der Waals surface area contributed by atoms with Crippen molar-refractivity contribution < 1.29 is 13.5 Å². The Hall–Kier alpha value is -0.500. The molecule has 1 aromatic rings. The first-order valence-corrected chi connectivity index (χ1v) is 6.79. The molecule has 1 rings (SSSR count). The lowest BCUT2D eigenvalue weighted by Gasteiger charge is -2.13. The van der Waals surface area contributed by atoms with Crippen LogP contribution in [-0.2, 0) is 10.0 Å². The van der Waals surface area contributed by atoms with Gasteiger partial charge < -0.3 is 5.11 Å². The Morgan fingerprint density at radius 2 is 2.00 bits per heavy atom. The lowest BCUT2D eigenvalue weighted by Crippen LogP contribution is -2.31. The van der Waals surface area contributed by atoms with Crippen LogP contribution < -0.4 is 5.14 Å². The number of aryl methyl sites for hydroxylation is 2. The van der Waals surface area contributed by atoms with Gasteiger partial charge in [0.25, 0.3) is 0 Å². The van der Waals surface area contributed by atoms with E-state index < -0.39 is 21.4 Å².